The number of hydrogen-bond acceptors (Lipinski definition) is 3. The molecule has 0 heterocycles. The van der Waals surface area contributed by atoms with E-state index in [9.17, 15) is 9.59 Å². The molecule has 1 atom stereocenters. The quantitative estimate of drug-likeness (QED) is 0.621. The third-order valence-corrected chi connectivity index (χ3v) is 2.21. The lowest BCUT2D eigenvalue weighted by Crippen LogP contribution is -2.44. The Morgan fingerprint density at radius 2 is 1.88 bits per heavy atom. The number of hydrogen-bond donors (Lipinski definition) is 2. The maximum atomic E-state index is 11.3. The standard InChI is InChI=1S/C11H22N2O3/c1-3-5-7-9(10(12)14)13-11(15)16-8-6-4-2/h9H,3-8H2,1-2H3,(H2,12,14)(H,13,15). The predicted molar refractivity (Wildman–Crippen MR) is 61.9 cm³/mol. The van der Waals surface area contributed by atoms with Gasteiger partial charge in [-0.2, -0.15) is 0 Å². The first-order valence-electron chi connectivity index (χ1n) is 5.84. The van der Waals surface area contributed by atoms with Gasteiger partial charge in [0.25, 0.3) is 0 Å². The van der Waals surface area contributed by atoms with Crippen molar-refractivity contribution < 1.29 is 14.3 Å². The van der Waals surface area contributed by atoms with Crippen LogP contribution in [0.1, 0.15) is 46.0 Å². The molecule has 0 radical (unpaired) electrons. The van der Waals surface area contributed by atoms with Crippen LogP contribution in [0.2, 0.25) is 0 Å². The molecule has 0 saturated carbocycles. The molecule has 0 fully saturated rings. The second kappa shape index (κ2) is 9.00. The van der Waals surface area contributed by atoms with Crippen LogP contribution in [0.4, 0.5) is 4.79 Å². The number of carbonyl (C=O) groups is 2. The molecule has 0 aromatic rings. The molecule has 0 rings (SSSR count). The van der Waals surface area contributed by atoms with E-state index in [0.717, 1.165) is 25.7 Å². The van der Waals surface area contributed by atoms with Gasteiger partial charge in [-0.3, -0.25) is 4.79 Å². The second-order valence-electron chi connectivity index (χ2n) is 3.73. The minimum Gasteiger partial charge on any atom is -0.450 e. The number of amides is 2. The molecule has 0 aliphatic heterocycles. The van der Waals surface area contributed by atoms with Gasteiger partial charge in [0.1, 0.15) is 6.04 Å². The Kier molecular flexibility index (Phi) is 8.29. The molecule has 5 heteroatoms. The van der Waals surface area contributed by atoms with E-state index in [-0.39, 0.29) is 0 Å². The second-order valence-corrected chi connectivity index (χ2v) is 3.73. The van der Waals surface area contributed by atoms with Crippen LogP contribution in [-0.4, -0.2) is 24.6 Å². The van der Waals surface area contributed by atoms with Gasteiger partial charge in [0.15, 0.2) is 0 Å². The Labute approximate surface area is 96.7 Å². The van der Waals surface area contributed by atoms with Crippen molar-refractivity contribution in [1.82, 2.24) is 5.32 Å². The first kappa shape index (κ1) is 14.7. The number of unbranched alkanes of at least 4 members (excludes halogenated alkanes) is 2. The number of primary amides is 1. The molecule has 0 aromatic carbocycles. The summed E-state index contributed by atoms with van der Waals surface area (Å²) in [6.45, 7) is 4.40. The molecule has 0 aliphatic rings. The molecule has 0 spiro atoms. The lowest BCUT2D eigenvalue weighted by atomic mass is 10.1. The molecule has 2 amide bonds. The summed E-state index contributed by atoms with van der Waals surface area (Å²) in [5.41, 5.74) is 5.17. The van der Waals surface area contributed by atoms with Crippen molar-refractivity contribution in [2.75, 3.05) is 6.61 Å². The molecular weight excluding hydrogens is 208 g/mol. The van der Waals surface area contributed by atoms with Crippen molar-refractivity contribution in [1.29, 1.82) is 0 Å². The van der Waals surface area contributed by atoms with Gasteiger partial charge < -0.3 is 15.8 Å². The van der Waals surface area contributed by atoms with Crippen molar-refractivity contribution in [3.63, 3.8) is 0 Å². The molecule has 0 aliphatic carbocycles. The number of alkyl carbamates (subject to hydrolysis) is 1. The summed E-state index contributed by atoms with van der Waals surface area (Å²) in [7, 11) is 0. The minimum absolute atomic E-state index is 0.377. The van der Waals surface area contributed by atoms with Crippen LogP contribution >= 0.6 is 0 Å². The van der Waals surface area contributed by atoms with E-state index in [1.165, 1.54) is 0 Å². The fraction of sp³-hybridized carbons (Fsp3) is 0.818. The predicted octanol–water partition coefficient (Wildman–Crippen LogP) is 1.56. The van der Waals surface area contributed by atoms with E-state index >= 15 is 0 Å². The summed E-state index contributed by atoms with van der Waals surface area (Å²) < 4.78 is 4.89. The molecule has 0 aromatic heterocycles. The summed E-state index contributed by atoms with van der Waals surface area (Å²) in [5.74, 6) is -0.513. The number of nitrogens with two attached hydrogens (primary N) is 1. The normalized spacial score (nSPS) is 11.9. The maximum Gasteiger partial charge on any atom is 0.407 e. The lowest BCUT2D eigenvalue weighted by molar-refractivity contribution is -0.120. The van der Waals surface area contributed by atoms with Gasteiger partial charge in [0.2, 0.25) is 5.91 Å². The van der Waals surface area contributed by atoms with Gasteiger partial charge in [-0.15, -0.1) is 0 Å². The Morgan fingerprint density at radius 3 is 2.38 bits per heavy atom. The summed E-state index contributed by atoms with van der Waals surface area (Å²) >= 11 is 0. The third-order valence-electron chi connectivity index (χ3n) is 2.21. The Bertz CT molecular complexity index is 219. The van der Waals surface area contributed by atoms with E-state index in [1.54, 1.807) is 0 Å². The zero-order valence-electron chi connectivity index (χ0n) is 10.1. The van der Waals surface area contributed by atoms with Gasteiger partial charge in [0.05, 0.1) is 6.61 Å². The van der Waals surface area contributed by atoms with E-state index in [1.807, 2.05) is 13.8 Å². The van der Waals surface area contributed by atoms with Crippen LogP contribution in [0.5, 0.6) is 0 Å². The van der Waals surface area contributed by atoms with Crippen LogP contribution in [0.3, 0.4) is 0 Å². The number of ether oxygens (including phenoxy) is 1. The summed E-state index contributed by atoms with van der Waals surface area (Å²) in [5, 5.41) is 2.47. The van der Waals surface area contributed by atoms with Gasteiger partial charge in [0, 0.05) is 0 Å². The fourth-order valence-electron chi connectivity index (χ4n) is 1.19. The van der Waals surface area contributed by atoms with Crippen LogP contribution in [0, 0.1) is 0 Å². The van der Waals surface area contributed by atoms with Crippen molar-refractivity contribution in [3.8, 4) is 0 Å². The highest BCUT2D eigenvalue weighted by atomic mass is 16.5. The van der Waals surface area contributed by atoms with Gasteiger partial charge in [-0.25, -0.2) is 4.79 Å². The number of rotatable bonds is 8. The van der Waals surface area contributed by atoms with Gasteiger partial charge in [-0.1, -0.05) is 33.1 Å². The first-order chi connectivity index (χ1) is 7.61. The fourth-order valence-corrected chi connectivity index (χ4v) is 1.19. The molecule has 0 saturated heterocycles. The largest absolute Gasteiger partial charge is 0.450 e. The summed E-state index contributed by atoms with van der Waals surface area (Å²) in [4.78, 5) is 22.3. The highest BCUT2D eigenvalue weighted by molar-refractivity contribution is 5.84. The molecule has 94 valence electrons. The van der Waals surface area contributed by atoms with Crippen LogP contribution in [-0.2, 0) is 9.53 Å². The van der Waals surface area contributed by atoms with Crippen molar-refractivity contribution in [2.45, 2.75) is 52.0 Å². The van der Waals surface area contributed by atoms with Crippen molar-refractivity contribution >= 4 is 12.0 Å². The summed E-state index contributed by atoms with van der Waals surface area (Å²) in [6.07, 6.45) is 3.59. The zero-order valence-corrected chi connectivity index (χ0v) is 10.1. The Hall–Kier alpha value is -1.26. The first-order valence-corrected chi connectivity index (χ1v) is 5.84. The smallest absolute Gasteiger partial charge is 0.407 e. The van der Waals surface area contributed by atoms with Crippen LogP contribution < -0.4 is 11.1 Å². The lowest BCUT2D eigenvalue weighted by Gasteiger charge is -2.14. The molecule has 16 heavy (non-hydrogen) atoms. The van der Waals surface area contributed by atoms with E-state index in [0.29, 0.717) is 13.0 Å². The van der Waals surface area contributed by atoms with E-state index < -0.39 is 18.0 Å². The monoisotopic (exact) mass is 230 g/mol. The average Bonchev–Trinajstić information content (AvgIpc) is 2.24. The highest BCUT2D eigenvalue weighted by Gasteiger charge is 2.17. The van der Waals surface area contributed by atoms with Crippen molar-refractivity contribution in [2.24, 2.45) is 5.73 Å². The SMILES string of the molecule is CCCCOC(=O)NC(CCCC)C(N)=O. The van der Waals surface area contributed by atoms with Crippen molar-refractivity contribution in [3.05, 3.63) is 0 Å². The highest BCUT2D eigenvalue weighted by Crippen LogP contribution is 2.00. The van der Waals surface area contributed by atoms with Gasteiger partial charge >= 0.3 is 6.09 Å². The number of carbonyl (C=O) groups excluding carboxylic acids is 2. The molecule has 5 nitrogen and oxygen atoms in total. The topological polar surface area (TPSA) is 81.4 Å². The maximum absolute atomic E-state index is 11.3. The van der Waals surface area contributed by atoms with Crippen LogP contribution in [0.25, 0.3) is 0 Å². The minimum atomic E-state index is -0.617. The zero-order chi connectivity index (χ0) is 12.4. The summed E-state index contributed by atoms with van der Waals surface area (Å²) in [6, 6.07) is -0.617. The van der Waals surface area contributed by atoms with E-state index in [4.69, 9.17) is 10.5 Å². The number of nitrogens with one attached hydrogen (secondary N) is 1. The molecular formula is C11H22N2O3. The van der Waals surface area contributed by atoms with Gasteiger partial charge in [-0.05, 0) is 12.8 Å². The Morgan fingerprint density at radius 1 is 1.25 bits per heavy atom. The third kappa shape index (κ3) is 7.09. The van der Waals surface area contributed by atoms with Crippen LogP contribution in [0.15, 0.2) is 0 Å². The van der Waals surface area contributed by atoms with E-state index in [2.05, 4.69) is 5.32 Å². The molecule has 0 bridgehead atoms. The average molecular weight is 230 g/mol. The molecule has 3 N–H and O–H groups in total. The Balaban J connectivity index is 3.88. The molecule has 1 unspecified atom stereocenters.